The molecule has 3 atom stereocenters. The fraction of sp³-hybridized carbons (Fsp3) is 0.364. The highest BCUT2D eigenvalue weighted by molar-refractivity contribution is 9.10. The summed E-state index contributed by atoms with van der Waals surface area (Å²) in [5.41, 5.74) is 2.81. The van der Waals surface area contributed by atoms with Crippen LogP contribution in [0.15, 0.2) is 57.9 Å². The van der Waals surface area contributed by atoms with E-state index < -0.39 is 10.0 Å². The van der Waals surface area contributed by atoms with Gasteiger partial charge in [-0.05, 0) is 67.1 Å². The van der Waals surface area contributed by atoms with Gasteiger partial charge in [0.05, 0.1) is 10.9 Å². The van der Waals surface area contributed by atoms with Gasteiger partial charge in [0.2, 0.25) is 10.0 Å². The number of hydrogen-bond acceptors (Lipinski definition) is 4. The molecule has 2 heterocycles. The quantitative estimate of drug-likeness (QED) is 0.628. The first-order valence-corrected chi connectivity index (χ1v) is 12.2. The first kappa shape index (κ1) is 19.2. The van der Waals surface area contributed by atoms with Gasteiger partial charge in [-0.1, -0.05) is 28.1 Å². The summed E-state index contributed by atoms with van der Waals surface area (Å²) in [5.74, 6) is 0.629. The molecule has 152 valence electrons. The van der Waals surface area contributed by atoms with Crippen LogP contribution in [-0.4, -0.2) is 30.9 Å². The lowest BCUT2D eigenvalue weighted by atomic mass is 9.77. The van der Waals surface area contributed by atoms with E-state index in [9.17, 15) is 13.5 Å². The Labute approximate surface area is 179 Å². The smallest absolute Gasteiger partial charge is 0.243 e. The maximum absolute atomic E-state index is 13.0. The first-order chi connectivity index (χ1) is 13.9. The molecule has 5 nitrogen and oxygen atoms in total. The van der Waals surface area contributed by atoms with Crippen LogP contribution >= 0.6 is 15.9 Å². The van der Waals surface area contributed by atoms with E-state index in [0.717, 1.165) is 40.5 Å². The van der Waals surface area contributed by atoms with Crippen molar-refractivity contribution in [1.82, 2.24) is 4.31 Å². The number of fused-ring (bicyclic) bond motifs is 3. The van der Waals surface area contributed by atoms with Crippen LogP contribution < -0.4 is 5.32 Å². The zero-order valence-electron chi connectivity index (χ0n) is 15.9. The van der Waals surface area contributed by atoms with Gasteiger partial charge < -0.3 is 10.4 Å². The van der Waals surface area contributed by atoms with Gasteiger partial charge in [0, 0.05) is 34.7 Å². The van der Waals surface area contributed by atoms with E-state index in [2.05, 4.69) is 33.4 Å². The number of sulfonamides is 1. The topological polar surface area (TPSA) is 69.6 Å². The monoisotopic (exact) mass is 474 g/mol. The standard InChI is InChI=1S/C22H23BrN2O3S/c23-14-6-9-21(26)19(12-14)22-17-5-3-4-16(17)18-13-15(7-8-20(18)24-22)29(27,28)25-10-1-2-11-25/h3-4,6-9,12-13,16-17,22,24,26H,1-2,5,10-11H2. The Morgan fingerprint density at radius 2 is 1.86 bits per heavy atom. The van der Waals surface area contributed by atoms with E-state index in [1.807, 2.05) is 24.3 Å². The lowest BCUT2D eigenvalue weighted by molar-refractivity contribution is 0.401. The minimum Gasteiger partial charge on any atom is -0.508 e. The molecule has 2 aromatic rings. The van der Waals surface area contributed by atoms with Gasteiger partial charge in [-0.3, -0.25) is 0 Å². The molecule has 0 saturated carbocycles. The van der Waals surface area contributed by atoms with E-state index in [-0.39, 0.29) is 23.6 Å². The molecule has 1 saturated heterocycles. The zero-order chi connectivity index (χ0) is 20.2. The molecule has 3 aliphatic rings. The number of benzene rings is 2. The van der Waals surface area contributed by atoms with Crippen LogP contribution in [0.1, 0.15) is 42.3 Å². The third-order valence-electron chi connectivity index (χ3n) is 6.36. The summed E-state index contributed by atoms with van der Waals surface area (Å²) in [6, 6.07) is 10.9. The van der Waals surface area contributed by atoms with E-state index in [1.165, 1.54) is 0 Å². The molecule has 0 spiro atoms. The van der Waals surface area contributed by atoms with E-state index in [4.69, 9.17) is 0 Å². The highest BCUT2D eigenvalue weighted by atomic mass is 79.9. The molecule has 2 aromatic carbocycles. The molecule has 0 radical (unpaired) electrons. The minimum absolute atomic E-state index is 0.0407. The van der Waals surface area contributed by atoms with Gasteiger partial charge in [0.1, 0.15) is 5.75 Å². The number of hydrogen-bond donors (Lipinski definition) is 2. The molecule has 29 heavy (non-hydrogen) atoms. The number of allylic oxidation sites excluding steroid dienone is 2. The Hall–Kier alpha value is -1.83. The second-order valence-corrected chi connectivity index (χ2v) is 10.9. The lowest BCUT2D eigenvalue weighted by Crippen LogP contribution is -2.30. The Kier molecular flexibility index (Phi) is 4.72. The number of phenolic OH excluding ortho intramolecular Hbond substituents is 1. The number of nitrogens with zero attached hydrogens (tertiary/aromatic N) is 1. The molecule has 2 aliphatic heterocycles. The van der Waals surface area contributed by atoms with Crippen LogP contribution in [0.3, 0.4) is 0 Å². The summed E-state index contributed by atoms with van der Waals surface area (Å²) in [7, 11) is -3.44. The molecule has 7 heteroatoms. The Morgan fingerprint density at radius 1 is 1.07 bits per heavy atom. The maximum Gasteiger partial charge on any atom is 0.243 e. The van der Waals surface area contributed by atoms with Crippen molar-refractivity contribution in [2.75, 3.05) is 18.4 Å². The molecule has 1 fully saturated rings. The highest BCUT2D eigenvalue weighted by Crippen LogP contribution is 2.51. The van der Waals surface area contributed by atoms with Crippen LogP contribution in [0.25, 0.3) is 0 Å². The van der Waals surface area contributed by atoms with E-state index >= 15 is 0 Å². The molecular formula is C22H23BrN2O3S. The number of aromatic hydroxyl groups is 1. The van der Waals surface area contributed by atoms with Gasteiger partial charge in [0.15, 0.2) is 0 Å². The molecule has 5 rings (SSSR count). The number of rotatable bonds is 3. The van der Waals surface area contributed by atoms with Crippen LogP contribution in [0.5, 0.6) is 5.75 Å². The van der Waals surface area contributed by atoms with Gasteiger partial charge in [0.25, 0.3) is 0 Å². The maximum atomic E-state index is 13.0. The van der Waals surface area contributed by atoms with Gasteiger partial charge in [-0.25, -0.2) is 8.42 Å². The summed E-state index contributed by atoms with van der Waals surface area (Å²) in [6.45, 7) is 1.21. The molecule has 0 bridgehead atoms. The summed E-state index contributed by atoms with van der Waals surface area (Å²) in [6.07, 6.45) is 7.08. The molecule has 1 aliphatic carbocycles. The van der Waals surface area contributed by atoms with Gasteiger partial charge >= 0.3 is 0 Å². The summed E-state index contributed by atoms with van der Waals surface area (Å²) >= 11 is 3.50. The fourth-order valence-electron chi connectivity index (χ4n) is 4.89. The van der Waals surface area contributed by atoms with Crippen molar-refractivity contribution in [1.29, 1.82) is 0 Å². The van der Waals surface area contributed by atoms with Crippen molar-refractivity contribution in [2.24, 2.45) is 5.92 Å². The number of nitrogens with one attached hydrogen (secondary N) is 1. The second kappa shape index (κ2) is 7.15. The molecule has 0 aromatic heterocycles. The van der Waals surface area contributed by atoms with E-state index in [0.29, 0.717) is 18.0 Å². The summed E-state index contributed by atoms with van der Waals surface area (Å²) in [5, 5.41) is 14.0. The van der Waals surface area contributed by atoms with Crippen LogP contribution in [0, 0.1) is 5.92 Å². The van der Waals surface area contributed by atoms with Crippen molar-refractivity contribution in [3.8, 4) is 5.75 Å². The Morgan fingerprint density at radius 3 is 2.66 bits per heavy atom. The van der Waals surface area contributed by atoms with Crippen LogP contribution in [0.4, 0.5) is 5.69 Å². The summed E-state index contributed by atoms with van der Waals surface area (Å²) in [4.78, 5) is 0.378. The third-order valence-corrected chi connectivity index (χ3v) is 8.75. The Balaban J connectivity index is 1.55. The highest BCUT2D eigenvalue weighted by Gasteiger charge is 2.40. The molecule has 2 N–H and O–H groups in total. The van der Waals surface area contributed by atoms with Crippen molar-refractivity contribution in [3.05, 3.63) is 64.1 Å². The largest absolute Gasteiger partial charge is 0.508 e. The Bertz CT molecular complexity index is 1090. The number of anilines is 1. The fourth-order valence-corrected chi connectivity index (χ4v) is 6.82. The number of phenols is 1. The number of halogens is 1. The molecule has 3 unspecified atom stereocenters. The van der Waals surface area contributed by atoms with Crippen molar-refractivity contribution < 1.29 is 13.5 Å². The van der Waals surface area contributed by atoms with Gasteiger partial charge in [-0.15, -0.1) is 0 Å². The average Bonchev–Trinajstić information content (AvgIpc) is 3.41. The molecular weight excluding hydrogens is 452 g/mol. The van der Waals surface area contributed by atoms with Crippen LogP contribution in [0.2, 0.25) is 0 Å². The first-order valence-electron chi connectivity index (χ1n) is 10.0. The third kappa shape index (κ3) is 3.20. The van der Waals surface area contributed by atoms with Crippen LogP contribution in [-0.2, 0) is 10.0 Å². The van der Waals surface area contributed by atoms with Crippen molar-refractivity contribution in [3.63, 3.8) is 0 Å². The lowest BCUT2D eigenvalue weighted by Gasteiger charge is -2.38. The predicted octanol–water partition coefficient (Wildman–Crippen LogP) is 4.77. The SMILES string of the molecule is O=S(=O)(c1ccc2c(c1)C1C=CCC1C(c1cc(Br)ccc1O)N2)N1CCCC1. The summed E-state index contributed by atoms with van der Waals surface area (Å²) < 4.78 is 28.6. The predicted molar refractivity (Wildman–Crippen MR) is 117 cm³/mol. The van der Waals surface area contributed by atoms with Crippen molar-refractivity contribution >= 4 is 31.6 Å². The molecule has 0 amide bonds. The minimum atomic E-state index is -3.44. The van der Waals surface area contributed by atoms with E-state index in [1.54, 1.807) is 16.4 Å². The van der Waals surface area contributed by atoms with Crippen molar-refractivity contribution in [2.45, 2.75) is 36.1 Å². The van der Waals surface area contributed by atoms with Gasteiger partial charge in [-0.2, -0.15) is 4.31 Å². The second-order valence-electron chi connectivity index (χ2n) is 8.04. The average molecular weight is 475 g/mol. The zero-order valence-corrected chi connectivity index (χ0v) is 18.3. The normalized spacial score (nSPS) is 26.2.